The fourth-order valence-corrected chi connectivity index (χ4v) is 0.500. The standard InChI is InChI=1S/C8H16O2/c1-7(2)9-5-6-10-8(3)4/h8H,1,5-6H2,2-4H3. The zero-order valence-electron chi connectivity index (χ0n) is 7.02. The molecule has 0 saturated carbocycles. The zero-order valence-corrected chi connectivity index (χ0v) is 7.02. The molecule has 0 aromatic rings. The van der Waals surface area contributed by atoms with Gasteiger partial charge in [0.05, 0.1) is 18.5 Å². The Morgan fingerprint density at radius 1 is 1.40 bits per heavy atom. The van der Waals surface area contributed by atoms with Crippen molar-refractivity contribution in [3.05, 3.63) is 12.3 Å². The molecule has 0 unspecified atom stereocenters. The number of rotatable bonds is 5. The molecule has 0 bridgehead atoms. The van der Waals surface area contributed by atoms with Gasteiger partial charge in [-0.3, -0.25) is 0 Å². The fraction of sp³-hybridized carbons (Fsp3) is 0.750. The maximum atomic E-state index is 5.23. The van der Waals surface area contributed by atoms with E-state index in [4.69, 9.17) is 9.47 Å². The predicted molar refractivity (Wildman–Crippen MR) is 41.9 cm³/mol. The van der Waals surface area contributed by atoms with Crippen LogP contribution >= 0.6 is 0 Å². The van der Waals surface area contributed by atoms with Gasteiger partial charge in [-0.25, -0.2) is 0 Å². The molecule has 0 aromatic carbocycles. The lowest BCUT2D eigenvalue weighted by molar-refractivity contribution is 0.0393. The van der Waals surface area contributed by atoms with Gasteiger partial charge in [0.2, 0.25) is 0 Å². The number of hydrogen-bond donors (Lipinski definition) is 0. The molecular formula is C8H16O2. The molecule has 60 valence electrons. The quantitative estimate of drug-likeness (QED) is 0.434. The Hall–Kier alpha value is -0.500. The van der Waals surface area contributed by atoms with Crippen LogP contribution in [0.1, 0.15) is 20.8 Å². The first-order chi connectivity index (χ1) is 4.63. The second-order valence-electron chi connectivity index (χ2n) is 2.47. The van der Waals surface area contributed by atoms with Gasteiger partial charge in [0.15, 0.2) is 0 Å². The molecule has 0 heterocycles. The van der Waals surface area contributed by atoms with Gasteiger partial charge in [0, 0.05) is 0 Å². The van der Waals surface area contributed by atoms with E-state index in [0.717, 1.165) is 5.76 Å². The first kappa shape index (κ1) is 9.50. The minimum absolute atomic E-state index is 0.286. The summed E-state index contributed by atoms with van der Waals surface area (Å²) in [4.78, 5) is 0. The molecule has 0 aliphatic rings. The molecular weight excluding hydrogens is 128 g/mol. The summed E-state index contributed by atoms with van der Waals surface area (Å²) in [6, 6.07) is 0. The molecule has 0 rings (SSSR count). The Balaban J connectivity index is 2.98. The maximum absolute atomic E-state index is 5.23. The SMILES string of the molecule is C=C(C)OCCOC(C)C. The van der Waals surface area contributed by atoms with Crippen molar-refractivity contribution < 1.29 is 9.47 Å². The van der Waals surface area contributed by atoms with E-state index in [1.165, 1.54) is 0 Å². The summed E-state index contributed by atoms with van der Waals surface area (Å²) in [5.74, 6) is 0.743. The van der Waals surface area contributed by atoms with E-state index in [1.54, 1.807) is 0 Å². The molecule has 0 N–H and O–H groups in total. The van der Waals surface area contributed by atoms with E-state index < -0.39 is 0 Å². The summed E-state index contributed by atoms with van der Waals surface area (Å²) in [7, 11) is 0. The molecule has 0 spiro atoms. The van der Waals surface area contributed by atoms with Crippen LogP contribution in [0, 0.1) is 0 Å². The van der Waals surface area contributed by atoms with Crippen LogP contribution in [0.4, 0.5) is 0 Å². The lowest BCUT2D eigenvalue weighted by Crippen LogP contribution is -2.08. The van der Waals surface area contributed by atoms with Crippen LogP contribution < -0.4 is 0 Å². The summed E-state index contributed by atoms with van der Waals surface area (Å²) < 4.78 is 10.3. The van der Waals surface area contributed by atoms with Crippen LogP contribution in [0.15, 0.2) is 12.3 Å². The van der Waals surface area contributed by atoms with Crippen molar-refractivity contribution in [1.82, 2.24) is 0 Å². The van der Waals surface area contributed by atoms with Gasteiger partial charge in [-0.15, -0.1) is 0 Å². The van der Waals surface area contributed by atoms with Gasteiger partial charge in [0.1, 0.15) is 6.61 Å². The third-order valence-corrected chi connectivity index (χ3v) is 0.883. The van der Waals surface area contributed by atoms with Crippen molar-refractivity contribution in [2.75, 3.05) is 13.2 Å². The Labute approximate surface area is 62.8 Å². The van der Waals surface area contributed by atoms with Gasteiger partial charge < -0.3 is 9.47 Å². The van der Waals surface area contributed by atoms with E-state index in [0.29, 0.717) is 13.2 Å². The molecule has 2 nitrogen and oxygen atoms in total. The van der Waals surface area contributed by atoms with Crippen LogP contribution in [0.2, 0.25) is 0 Å². The largest absolute Gasteiger partial charge is 0.496 e. The molecule has 0 aliphatic carbocycles. The number of hydrogen-bond acceptors (Lipinski definition) is 2. The fourth-order valence-electron chi connectivity index (χ4n) is 0.500. The summed E-state index contributed by atoms with van der Waals surface area (Å²) >= 11 is 0. The number of allylic oxidation sites excluding steroid dienone is 1. The molecule has 0 saturated heterocycles. The minimum atomic E-state index is 0.286. The molecule has 10 heavy (non-hydrogen) atoms. The van der Waals surface area contributed by atoms with Gasteiger partial charge in [-0.2, -0.15) is 0 Å². The topological polar surface area (TPSA) is 18.5 Å². The van der Waals surface area contributed by atoms with Crippen molar-refractivity contribution in [3.63, 3.8) is 0 Å². The van der Waals surface area contributed by atoms with Crippen LogP contribution in [-0.4, -0.2) is 19.3 Å². The van der Waals surface area contributed by atoms with Gasteiger partial charge in [-0.05, 0) is 20.8 Å². The average Bonchev–Trinajstić information content (AvgIpc) is 1.79. The van der Waals surface area contributed by atoms with Crippen LogP contribution in [0.25, 0.3) is 0 Å². The van der Waals surface area contributed by atoms with Crippen LogP contribution in [-0.2, 0) is 9.47 Å². The summed E-state index contributed by atoms with van der Waals surface area (Å²) in [5, 5.41) is 0. The van der Waals surface area contributed by atoms with Gasteiger partial charge in [0.25, 0.3) is 0 Å². The van der Waals surface area contributed by atoms with Crippen molar-refractivity contribution in [1.29, 1.82) is 0 Å². The second-order valence-corrected chi connectivity index (χ2v) is 2.47. The highest BCUT2D eigenvalue weighted by atomic mass is 16.5. The van der Waals surface area contributed by atoms with E-state index in [2.05, 4.69) is 6.58 Å². The van der Waals surface area contributed by atoms with Crippen molar-refractivity contribution in [2.24, 2.45) is 0 Å². The molecule has 0 aromatic heterocycles. The maximum Gasteiger partial charge on any atom is 0.111 e. The summed E-state index contributed by atoms with van der Waals surface area (Å²) in [6.07, 6.45) is 0.286. The van der Waals surface area contributed by atoms with Gasteiger partial charge in [-0.1, -0.05) is 6.58 Å². The van der Waals surface area contributed by atoms with E-state index in [-0.39, 0.29) is 6.10 Å². The second kappa shape index (κ2) is 5.30. The molecule has 0 amide bonds. The molecule has 0 radical (unpaired) electrons. The zero-order chi connectivity index (χ0) is 7.98. The molecule has 2 heteroatoms. The van der Waals surface area contributed by atoms with Gasteiger partial charge >= 0.3 is 0 Å². The lowest BCUT2D eigenvalue weighted by Gasteiger charge is -2.08. The van der Waals surface area contributed by atoms with Crippen molar-refractivity contribution >= 4 is 0 Å². The molecule has 0 atom stereocenters. The Kier molecular flexibility index (Phi) is 5.03. The highest BCUT2D eigenvalue weighted by molar-refractivity contribution is 4.72. The molecule has 0 aliphatic heterocycles. The van der Waals surface area contributed by atoms with Crippen LogP contribution in [0.5, 0.6) is 0 Å². The molecule has 0 fully saturated rings. The highest BCUT2D eigenvalue weighted by Crippen LogP contribution is 1.91. The van der Waals surface area contributed by atoms with E-state index in [9.17, 15) is 0 Å². The summed E-state index contributed by atoms with van der Waals surface area (Å²) in [5.41, 5.74) is 0. The number of ether oxygens (including phenoxy) is 2. The third kappa shape index (κ3) is 7.50. The average molecular weight is 144 g/mol. The Bertz CT molecular complexity index is 97.4. The van der Waals surface area contributed by atoms with Crippen molar-refractivity contribution in [3.8, 4) is 0 Å². The predicted octanol–water partition coefficient (Wildman–Crippen LogP) is 1.96. The first-order valence-corrected chi connectivity index (χ1v) is 3.53. The lowest BCUT2D eigenvalue weighted by atomic mass is 10.5. The van der Waals surface area contributed by atoms with E-state index >= 15 is 0 Å². The normalized spacial score (nSPS) is 10.0. The van der Waals surface area contributed by atoms with Crippen LogP contribution in [0.3, 0.4) is 0 Å². The minimum Gasteiger partial charge on any atom is -0.496 e. The highest BCUT2D eigenvalue weighted by Gasteiger charge is 1.91. The third-order valence-electron chi connectivity index (χ3n) is 0.883. The smallest absolute Gasteiger partial charge is 0.111 e. The first-order valence-electron chi connectivity index (χ1n) is 3.53. The van der Waals surface area contributed by atoms with Crippen molar-refractivity contribution in [2.45, 2.75) is 26.9 Å². The van der Waals surface area contributed by atoms with E-state index in [1.807, 2.05) is 20.8 Å². The Morgan fingerprint density at radius 3 is 2.40 bits per heavy atom. The monoisotopic (exact) mass is 144 g/mol. The Morgan fingerprint density at radius 2 is 2.00 bits per heavy atom. The summed E-state index contributed by atoms with van der Waals surface area (Å²) in [6.45, 7) is 10.7.